The van der Waals surface area contributed by atoms with Crippen molar-refractivity contribution in [3.63, 3.8) is 0 Å². The SMILES string of the molecule is O=C(NCCC1CCS(=O)(=O)C1)c1ccc(Br)o1. The number of amides is 1. The minimum Gasteiger partial charge on any atom is -0.444 e. The quantitative estimate of drug-likeness (QED) is 0.906. The van der Waals surface area contributed by atoms with Crippen LogP contribution in [0.25, 0.3) is 0 Å². The molecule has 0 bridgehead atoms. The van der Waals surface area contributed by atoms with E-state index in [1.54, 1.807) is 12.1 Å². The lowest BCUT2D eigenvalue weighted by atomic mass is 10.1. The van der Waals surface area contributed by atoms with Crippen molar-refractivity contribution in [3.05, 3.63) is 22.6 Å². The Bertz CT molecular complexity index is 537. The first-order valence-corrected chi connectivity index (χ1v) is 8.32. The van der Waals surface area contributed by atoms with Crippen molar-refractivity contribution in [1.29, 1.82) is 0 Å². The second-order valence-electron chi connectivity index (χ2n) is 4.42. The number of rotatable bonds is 4. The predicted octanol–water partition coefficient (Wildman–Crippen LogP) is 1.60. The van der Waals surface area contributed by atoms with Crippen LogP contribution in [-0.4, -0.2) is 32.4 Å². The second-order valence-corrected chi connectivity index (χ2v) is 7.43. The molecule has 1 fully saturated rings. The lowest BCUT2D eigenvalue weighted by Crippen LogP contribution is -2.25. The molecule has 1 amide bonds. The molecule has 1 unspecified atom stereocenters. The number of furan rings is 1. The number of hydrogen-bond acceptors (Lipinski definition) is 4. The molecule has 7 heteroatoms. The van der Waals surface area contributed by atoms with E-state index in [1.807, 2.05) is 0 Å². The average molecular weight is 336 g/mol. The molecule has 18 heavy (non-hydrogen) atoms. The molecule has 1 saturated heterocycles. The molecule has 0 aliphatic carbocycles. The van der Waals surface area contributed by atoms with Crippen molar-refractivity contribution < 1.29 is 17.6 Å². The molecule has 5 nitrogen and oxygen atoms in total. The van der Waals surface area contributed by atoms with Crippen LogP contribution >= 0.6 is 15.9 Å². The third-order valence-electron chi connectivity index (χ3n) is 2.96. The standard InChI is InChI=1S/C11H14BrNO4S/c12-10-2-1-9(17-10)11(14)13-5-3-8-4-6-18(15,16)7-8/h1-2,8H,3-7H2,(H,13,14). The average Bonchev–Trinajstić information content (AvgIpc) is 2.85. The van der Waals surface area contributed by atoms with E-state index in [9.17, 15) is 13.2 Å². The molecule has 2 heterocycles. The Morgan fingerprint density at radius 1 is 1.50 bits per heavy atom. The normalized spacial score (nSPS) is 21.9. The van der Waals surface area contributed by atoms with Crippen molar-refractivity contribution in [3.8, 4) is 0 Å². The Kier molecular flexibility index (Phi) is 4.11. The minimum atomic E-state index is -2.83. The van der Waals surface area contributed by atoms with Crippen LogP contribution in [0.3, 0.4) is 0 Å². The van der Waals surface area contributed by atoms with E-state index in [2.05, 4.69) is 21.2 Å². The van der Waals surface area contributed by atoms with Crippen molar-refractivity contribution in [2.45, 2.75) is 12.8 Å². The molecule has 1 atom stereocenters. The molecule has 0 radical (unpaired) electrons. The van der Waals surface area contributed by atoms with Gasteiger partial charge in [0.05, 0.1) is 11.5 Å². The molecule has 1 N–H and O–H groups in total. The molecule has 2 rings (SSSR count). The Morgan fingerprint density at radius 3 is 2.83 bits per heavy atom. The highest BCUT2D eigenvalue weighted by atomic mass is 79.9. The van der Waals surface area contributed by atoms with Crippen LogP contribution in [0.15, 0.2) is 21.2 Å². The molecule has 1 aromatic rings. The summed E-state index contributed by atoms with van der Waals surface area (Å²) in [5.41, 5.74) is 0. The zero-order valence-corrected chi connectivity index (χ0v) is 12.1. The molecule has 1 aromatic heterocycles. The van der Waals surface area contributed by atoms with Gasteiger partial charge in [0.1, 0.15) is 0 Å². The van der Waals surface area contributed by atoms with Gasteiger partial charge in [-0.25, -0.2) is 8.42 Å². The third-order valence-corrected chi connectivity index (χ3v) is 5.23. The van der Waals surface area contributed by atoms with Gasteiger partial charge in [-0.05, 0) is 46.8 Å². The summed E-state index contributed by atoms with van der Waals surface area (Å²) in [6.07, 6.45) is 1.39. The number of halogens is 1. The first-order chi connectivity index (χ1) is 8.46. The second kappa shape index (κ2) is 5.44. The van der Waals surface area contributed by atoms with E-state index < -0.39 is 9.84 Å². The summed E-state index contributed by atoms with van der Waals surface area (Å²) in [5, 5.41) is 2.72. The fourth-order valence-electron chi connectivity index (χ4n) is 2.01. The summed E-state index contributed by atoms with van der Waals surface area (Å²) in [6.45, 7) is 0.470. The predicted molar refractivity (Wildman–Crippen MR) is 70.1 cm³/mol. The summed E-state index contributed by atoms with van der Waals surface area (Å²) in [4.78, 5) is 11.6. The molecule has 100 valence electrons. The molecule has 0 saturated carbocycles. The highest BCUT2D eigenvalue weighted by Gasteiger charge is 2.27. The van der Waals surface area contributed by atoms with Crippen molar-refractivity contribution in [2.75, 3.05) is 18.1 Å². The van der Waals surface area contributed by atoms with Crippen molar-refractivity contribution >= 4 is 31.7 Å². The van der Waals surface area contributed by atoms with Crippen LogP contribution in [0.2, 0.25) is 0 Å². The van der Waals surface area contributed by atoms with Gasteiger partial charge in [-0.1, -0.05) is 0 Å². The van der Waals surface area contributed by atoms with Gasteiger partial charge in [0.15, 0.2) is 20.3 Å². The van der Waals surface area contributed by atoms with E-state index in [0.29, 0.717) is 24.1 Å². The highest BCUT2D eigenvalue weighted by molar-refractivity contribution is 9.10. The number of carbonyl (C=O) groups is 1. The lowest BCUT2D eigenvalue weighted by molar-refractivity contribution is 0.0923. The van der Waals surface area contributed by atoms with E-state index in [4.69, 9.17) is 4.42 Å². The molecule has 0 spiro atoms. The third kappa shape index (κ3) is 3.58. The van der Waals surface area contributed by atoms with Gasteiger partial charge in [0.25, 0.3) is 5.91 Å². The van der Waals surface area contributed by atoms with Gasteiger partial charge in [0, 0.05) is 6.54 Å². The molecule has 1 aliphatic heterocycles. The molecule has 0 aromatic carbocycles. The van der Waals surface area contributed by atoms with Gasteiger partial charge in [-0.15, -0.1) is 0 Å². The zero-order valence-electron chi connectivity index (χ0n) is 9.69. The summed E-state index contributed by atoms with van der Waals surface area (Å²) < 4.78 is 28.1. The molecule has 1 aliphatic rings. The summed E-state index contributed by atoms with van der Waals surface area (Å²) >= 11 is 3.12. The smallest absolute Gasteiger partial charge is 0.287 e. The summed E-state index contributed by atoms with van der Waals surface area (Å²) in [7, 11) is -2.83. The van der Waals surface area contributed by atoms with E-state index in [-0.39, 0.29) is 29.1 Å². The first kappa shape index (κ1) is 13.6. The van der Waals surface area contributed by atoms with Crippen molar-refractivity contribution in [1.82, 2.24) is 5.32 Å². The monoisotopic (exact) mass is 335 g/mol. The maximum atomic E-state index is 11.6. The van der Waals surface area contributed by atoms with Crippen LogP contribution in [0.5, 0.6) is 0 Å². The summed E-state index contributed by atoms with van der Waals surface area (Å²) in [5.74, 6) is 0.660. The van der Waals surface area contributed by atoms with Crippen LogP contribution < -0.4 is 5.32 Å². The summed E-state index contributed by atoms with van der Waals surface area (Å²) in [6, 6.07) is 3.23. The molecular formula is C11H14BrNO4S. The van der Waals surface area contributed by atoms with Gasteiger partial charge in [-0.2, -0.15) is 0 Å². The van der Waals surface area contributed by atoms with Crippen LogP contribution in [0, 0.1) is 5.92 Å². The number of sulfone groups is 1. The van der Waals surface area contributed by atoms with E-state index in [1.165, 1.54) is 0 Å². The Labute approximate surface area is 114 Å². The fourth-order valence-corrected chi connectivity index (χ4v) is 4.23. The number of hydrogen-bond donors (Lipinski definition) is 1. The maximum absolute atomic E-state index is 11.6. The number of nitrogens with one attached hydrogen (secondary N) is 1. The van der Waals surface area contributed by atoms with E-state index in [0.717, 1.165) is 0 Å². The van der Waals surface area contributed by atoms with Gasteiger partial charge >= 0.3 is 0 Å². The highest BCUT2D eigenvalue weighted by Crippen LogP contribution is 2.21. The Hall–Kier alpha value is -0.820. The number of carbonyl (C=O) groups excluding carboxylic acids is 1. The topological polar surface area (TPSA) is 76.4 Å². The minimum absolute atomic E-state index is 0.165. The zero-order chi connectivity index (χ0) is 13.2. The largest absolute Gasteiger partial charge is 0.444 e. The molecular weight excluding hydrogens is 322 g/mol. The van der Waals surface area contributed by atoms with Gasteiger partial charge in [-0.3, -0.25) is 4.79 Å². The first-order valence-electron chi connectivity index (χ1n) is 5.70. The van der Waals surface area contributed by atoms with E-state index >= 15 is 0 Å². The maximum Gasteiger partial charge on any atom is 0.287 e. The van der Waals surface area contributed by atoms with Gasteiger partial charge in [0.2, 0.25) is 0 Å². The Morgan fingerprint density at radius 2 is 2.28 bits per heavy atom. The lowest BCUT2D eigenvalue weighted by Gasteiger charge is -2.07. The van der Waals surface area contributed by atoms with Crippen LogP contribution in [0.1, 0.15) is 23.4 Å². The fraction of sp³-hybridized carbons (Fsp3) is 0.545. The van der Waals surface area contributed by atoms with Gasteiger partial charge < -0.3 is 9.73 Å². The van der Waals surface area contributed by atoms with Crippen LogP contribution in [-0.2, 0) is 9.84 Å². The van der Waals surface area contributed by atoms with Crippen molar-refractivity contribution in [2.24, 2.45) is 5.92 Å². The van der Waals surface area contributed by atoms with Crippen LogP contribution in [0.4, 0.5) is 0 Å². The Balaban J connectivity index is 1.75.